The molecule has 23 heavy (non-hydrogen) atoms. The van der Waals surface area contributed by atoms with E-state index in [1.165, 1.54) is 0 Å². The lowest BCUT2D eigenvalue weighted by Gasteiger charge is -2.30. The van der Waals surface area contributed by atoms with Gasteiger partial charge in [0.15, 0.2) is 0 Å². The zero-order valence-corrected chi connectivity index (χ0v) is 12.8. The van der Waals surface area contributed by atoms with Crippen molar-refractivity contribution in [3.63, 3.8) is 0 Å². The number of rotatable bonds is 3. The lowest BCUT2D eigenvalue weighted by molar-refractivity contribution is -0.139. The fourth-order valence-corrected chi connectivity index (χ4v) is 2.60. The highest BCUT2D eigenvalue weighted by molar-refractivity contribution is 6.30. The average molecular weight is 329 g/mol. The number of hydrogen-bond acceptors (Lipinski definition) is 3. The largest absolute Gasteiger partial charge is 0.331 e. The van der Waals surface area contributed by atoms with Crippen molar-refractivity contribution in [1.29, 1.82) is 0 Å². The Labute approximate surface area is 137 Å². The second kappa shape index (κ2) is 6.22. The van der Waals surface area contributed by atoms with E-state index in [0.29, 0.717) is 10.6 Å². The molecule has 0 aromatic heterocycles. The molecule has 3 rings (SSSR count). The van der Waals surface area contributed by atoms with Crippen molar-refractivity contribution < 1.29 is 14.4 Å². The van der Waals surface area contributed by atoms with Crippen molar-refractivity contribution in [1.82, 2.24) is 10.2 Å². The number of carbonyl (C=O) groups is 3. The molecular formula is C17H13ClN2O3. The average Bonchev–Trinajstić information content (AvgIpc) is 2.54. The van der Waals surface area contributed by atoms with Crippen LogP contribution in [0.15, 0.2) is 54.6 Å². The molecule has 0 spiro atoms. The summed E-state index contributed by atoms with van der Waals surface area (Å²) in [6, 6.07) is 14.9. The highest BCUT2D eigenvalue weighted by Gasteiger charge is 2.41. The molecule has 0 bridgehead atoms. The van der Waals surface area contributed by atoms with Gasteiger partial charge in [-0.1, -0.05) is 54.1 Å². The first-order chi connectivity index (χ1) is 11.1. The number of amides is 4. The molecule has 1 heterocycles. The van der Waals surface area contributed by atoms with Gasteiger partial charge in [0.05, 0.1) is 6.54 Å². The van der Waals surface area contributed by atoms with Crippen LogP contribution in [-0.2, 0) is 16.1 Å². The number of barbiturate groups is 1. The highest BCUT2D eigenvalue weighted by atomic mass is 35.5. The van der Waals surface area contributed by atoms with Crippen molar-refractivity contribution in [2.45, 2.75) is 12.5 Å². The van der Waals surface area contributed by atoms with Gasteiger partial charge in [-0.3, -0.25) is 19.8 Å². The molecule has 1 aliphatic rings. The molecule has 0 radical (unpaired) electrons. The molecule has 0 aliphatic carbocycles. The SMILES string of the molecule is O=C1NC(=O)N(Cc2ccccc2)C(=O)C1c1ccc(Cl)cc1. The Kier molecular flexibility index (Phi) is 4.12. The number of imide groups is 2. The Morgan fingerprint density at radius 1 is 0.957 bits per heavy atom. The summed E-state index contributed by atoms with van der Waals surface area (Å²) in [5.74, 6) is -2.20. The molecule has 1 saturated heterocycles. The van der Waals surface area contributed by atoms with Gasteiger partial charge in [-0.15, -0.1) is 0 Å². The second-order valence-electron chi connectivity index (χ2n) is 5.19. The molecule has 0 saturated carbocycles. The third-order valence-electron chi connectivity index (χ3n) is 3.64. The van der Waals surface area contributed by atoms with E-state index in [1.54, 1.807) is 24.3 Å². The molecule has 4 amide bonds. The smallest absolute Gasteiger partial charge is 0.277 e. The number of nitrogens with one attached hydrogen (secondary N) is 1. The molecule has 2 aromatic rings. The number of benzene rings is 2. The topological polar surface area (TPSA) is 66.5 Å². The number of urea groups is 1. The van der Waals surface area contributed by atoms with Crippen LogP contribution in [0.25, 0.3) is 0 Å². The van der Waals surface area contributed by atoms with Gasteiger partial charge < -0.3 is 0 Å². The van der Waals surface area contributed by atoms with Crippen molar-refractivity contribution in [2.24, 2.45) is 0 Å². The van der Waals surface area contributed by atoms with Crippen molar-refractivity contribution in [3.8, 4) is 0 Å². The third kappa shape index (κ3) is 3.10. The number of carbonyl (C=O) groups excluding carboxylic acids is 3. The lowest BCUT2D eigenvalue weighted by atomic mass is 9.95. The quantitative estimate of drug-likeness (QED) is 0.881. The maximum absolute atomic E-state index is 12.6. The minimum Gasteiger partial charge on any atom is -0.277 e. The Balaban J connectivity index is 1.89. The van der Waals surface area contributed by atoms with Crippen LogP contribution in [0.1, 0.15) is 17.0 Å². The van der Waals surface area contributed by atoms with Crippen LogP contribution in [0.4, 0.5) is 4.79 Å². The van der Waals surface area contributed by atoms with Crippen LogP contribution in [0.3, 0.4) is 0 Å². The highest BCUT2D eigenvalue weighted by Crippen LogP contribution is 2.25. The van der Waals surface area contributed by atoms with Crippen LogP contribution in [0.5, 0.6) is 0 Å². The molecule has 116 valence electrons. The summed E-state index contributed by atoms with van der Waals surface area (Å²) in [6.07, 6.45) is 0. The van der Waals surface area contributed by atoms with Gasteiger partial charge in [0, 0.05) is 5.02 Å². The van der Waals surface area contributed by atoms with E-state index in [4.69, 9.17) is 11.6 Å². The normalized spacial score (nSPS) is 18.0. The molecule has 2 aromatic carbocycles. The van der Waals surface area contributed by atoms with E-state index in [1.807, 2.05) is 30.3 Å². The van der Waals surface area contributed by atoms with Crippen LogP contribution in [0, 0.1) is 0 Å². The van der Waals surface area contributed by atoms with E-state index in [0.717, 1.165) is 10.5 Å². The van der Waals surface area contributed by atoms with Crippen molar-refractivity contribution in [3.05, 3.63) is 70.7 Å². The summed E-state index contributed by atoms with van der Waals surface area (Å²) in [6.45, 7) is 0.114. The zero-order chi connectivity index (χ0) is 16.4. The predicted octanol–water partition coefficient (Wildman–Crippen LogP) is 2.70. The van der Waals surface area contributed by atoms with Crippen LogP contribution in [0.2, 0.25) is 5.02 Å². The summed E-state index contributed by atoms with van der Waals surface area (Å²) in [7, 11) is 0. The van der Waals surface area contributed by atoms with E-state index in [9.17, 15) is 14.4 Å². The van der Waals surface area contributed by atoms with Gasteiger partial charge in [0.25, 0.3) is 0 Å². The fourth-order valence-electron chi connectivity index (χ4n) is 2.48. The molecule has 5 nitrogen and oxygen atoms in total. The van der Waals surface area contributed by atoms with Crippen LogP contribution >= 0.6 is 11.6 Å². The van der Waals surface area contributed by atoms with Crippen LogP contribution in [-0.4, -0.2) is 22.7 Å². The summed E-state index contributed by atoms with van der Waals surface area (Å²) in [5, 5.41) is 2.75. The summed E-state index contributed by atoms with van der Waals surface area (Å²) >= 11 is 5.83. The number of halogens is 1. The lowest BCUT2D eigenvalue weighted by Crippen LogP contribution is -2.56. The Morgan fingerprint density at radius 2 is 1.61 bits per heavy atom. The molecule has 1 atom stereocenters. The first kappa shape index (κ1) is 15.2. The molecule has 1 unspecified atom stereocenters. The monoisotopic (exact) mass is 328 g/mol. The fraction of sp³-hybridized carbons (Fsp3) is 0.118. The molecule has 1 N–H and O–H groups in total. The zero-order valence-electron chi connectivity index (χ0n) is 12.0. The van der Waals surface area contributed by atoms with Gasteiger partial charge in [0.2, 0.25) is 11.8 Å². The minimum absolute atomic E-state index is 0.114. The Morgan fingerprint density at radius 3 is 2.26 bits per heavy atom. The maximum atomic E-state index is 12.6. The summed E-state index contributed by atoms with van der Waals surface area (Å²) in [5.41, 5.74) is 1.31. The molecular weight excluding hydrogens is 316 g/mol. The first-order valence-electron chi connectivity index (χ1n) is 7.02. The van der Waals surface area contributed by atoms with Gasteiger partial charge >= 0.3 is 6.03 Å². The van der Waals surface area contributed by atoms with Gasteiger partial charge in [-0.05, 0) is 23.3 Å². The summed E-state index contributed by atoms with van der Waals surface area (Å²) in [4.78, 5) is 37.8. The third-order valence-corrected chi connectivity index (χ3v) is 3.89. The van der Waals surface area contributed by atoms with Crippen LogP contribution < -0.4 is 5.32 Å². The van der Waals surface area contributed by atoms with Gasteiger partial charge in [0.1, 0.15) is 5.92 Å². The summed E-state index contributed by atoms with van der Waals surface area (Å²) < 4.78 is 0. The van der Waals surface area contributed by atoms with E-state index < -0.39 is 23.8 Å². The van der Waals surface area contributed by atoms with Gasteiger partial charge in [-0.25, -0.2) is 4.79 Å². The van der Waals surface area contributed by atoms with Crippen molar-refractivity contribution >= 4 is 29.4 Å². The van der Waals surface area contributed by atoms with E-state index in [2.05, 4.69) is 5.32 Å². The Bertz CT molecular complexity index is 759. The minimum atomic E-state index is -1.05. The van der Waals surface area contributed by atoms with E-state index in [-0.39, 0.29) is 6.54 Å². The van der Waals surface area contributed by atoms with Gasteiger partial charge in [-0.2, -0.15) is 0 Å². The maximum Gasteiger partial charge on any atom is 0.331 e. The second-order valence-corrected chi connectivity index (χ2v) is 5.63. The van der Waals surface area contributed by atoms with E-state index >= 15 is 0 Å². The number of hydrogen-bond donors (Lipinski definition) is 1. The molecule has 6 heteroatoms. The first-order valence-corrected chi connectivity index (χ1v) is 7.39. The predicted molar refractivity (Wildman–Crippen MR) is 84.7 cm³/mol. The molecule has 1 fully saturated rings. The standard InChI is InChI=1S/C17H13ClN2O3/c18-13-8-6-12(7-9-13)14-15(21)19-17(23)20(16(14)22)10-11-4-2-1-3-5-11/h1-9,14H,10H2,(H,19,21,23). The number of nitrogens with zero attached hydrogens (tertiary/aromatic N) is 1. The van der Waals surface area contributed by atoms with Crippen molar-refractivity contribution in [2.75, 3.05) is 0 Å². The Hall–Kier alpha value is -2.66. The molecule has 1 aliphatic heterocycles.